The van der Waals surface area contributed by atoms with Crippen LogP contribution in [-0.2, 0) is 4.74 Å². The number of aliphatic hydroxyl groups is 2. The highest BCUT2D eigenvalue weighted by Gasteiger charge is 2.35. The van der Waals surface area contributed by atoms with E-state index in [0.717, 1.165) is 0 Å². The smallest absolute Gasteiger partial charge is 0.181 e. The van der Waals surface area contributed by atoms with Gasteiger partial charge in [0.15, 0.2) is 16.2 Å². The monoisotopic (exact) mass is 297 g/mol. The summed E-state index contributed by atoms with van der Waals surface area (Å²) in [6, 6.07) is 0. The predicted octanol–water partition coefficient (Wildman–Crippen LogP) is 0.171. The van der Waals surface area contributed by atoms with Crippen molar-refractivity contribution < 1.29 is 14.9 Å². The van der Waals surface area contributed by atoms with E-state index in [1.807, 2.05) is 0 Å². The highest BCUT2D eigenvalue weighted by molar-refractivity contribution is 7.71. The number of hydrogen-bond acceptors (Lipinski definition) is 7. The predicted molar refractivity (Wildman–Crippen MR) is 73.9 cm³/mol. The van der Waals surface area contributed by atoms with E-state index in [9.17, 15) is 5.11 Å². The zero-order valence-electron chi connectivity index (χ0n) is 10.8. The van der Waals surface area contributed by atoms with Gasteiger partial charge in [-0.2, -0.15) is 0 Å². The van der Waals surface area contributed by atoms with Crippen LogP contribution in [0.5, 0.6) is 0 Å². The van der Waals surface area contributed by atoms with Crippen molar-refractivity contribution in [2.75, 3.05) is 19.0 Å². The SMILES string of the molecule is CNc1ncnc2c1[nH]c(=S)n2[C@H]1C[C@H](O)[C@@H](CO)O1. The van der Waals surface area contributed by atoms with Crippen molar-refractivity contribution in [1.29, 1.82) is 0 Å². The van der Waals surface area contributed by atoms with Gasteiger partial charge in [-0.25, -0.2) is 9.97 Å². The Labute approximate surface area is 119 Å². The number of rotatable bonds is 3. The Morgan fingerprint density at radius 2 is 2.40 bits per heavy atom. The van der Waals surface area contributed by atoms with Crippen molar-refractivity contribution in [2.45, 2.75) is 24.9 Å². The van der Waals surface area contributed by atoms with E-state index in [4.69, 9.17) is 22.1 Å². The lowest BCUT2D eigenvalue weighted by atomic mass is 10.2. The Morgan fingerprint density at radius 1 is 1.60 bits per heavy atom. The van der Waals surface area contributed by atoms with Gasteiger partial charge in [0.25, 0.3) is 0 Å². The molecule has 0 spiro atoms. The molecule has 0 aromatic carbocycles. The Balaban J connectivity index is 2.09. The van der Waals surface area contributed by atoms with Crippen LogP contribution in [0.25, 0.3) is 11.2 Å². The van der Waals surface area contributed by atoms with Crippen LogP contribution in [0.2, 0.25) is 0 Å². The molecule has 0 saturated carbocycles. The summed E-state index contributed by atoms with van der Waals surface area (Å²) in [7, 11) is 1.76. The molecular weight excluding hydrogens is 282 g/mol. The first-order chi connectivity index (χ1) is 9.65. The lowest BCUT2D eigenvalue weighted by Gasteiger charge is -2.13. The van der Waals surface area contributed by atoms with Crippen LogP contribution >= 0.6 is 12.2 Å². The lowest BCUT2D eigenvalue weighted by Crippen LogP contribution is -2.24. The summed E-state index contributed by atoms with van der Waals surface area (Å²) in [6.45, 7) is -0.232. The molecular formula is C11H15N5O3S. The second-order valence-corrected chi connectivity index (χ2v) is 4.97. The Hall–Kier alpha value is -1.55. The van der Waals surface area contributed by atoms with Crippen molar-refractivity contribution in [3.05, 3.63) is 11.1 Å². The van der Waals surface area contributed by atoms with E-state index in [0.29, 0.717) is 28.2 Å². The highest BCUT2D eigenvalue weighted by Crippen LogP contribution is 2.32. The topological polar surface area (TPSA) is 108 Å². The average molecular weight is 297 g/mol. The average Bonchev–Trinajstić information content (AvgIpc) is 2.97. The number of anilines is 1. The number of nitrogens with zero attached hydrogens (tertiary/aromatic N) is 3. The van der Waals surface area contributed by atoms with Crippen LogP contribution in [0.15, 0.2) is 6.33 Å². The number of ether oxygens (including phenoxy) is 1. The van der Waals surface area contributed by atoms with Crippen LogP contribution in [0.3, 0.4) is 0 Å². The van der Waals surface area contributed by atoms with Gasteiger partial charge in [-0.3, -0.25) is 4.57 Å². The van der Waals surface area contributed by atoms with E-state index >= 15 is 0 Å². The number of H-pyrrole nitrogens is 1. The minimum atomic E-state index is -0.720. The molecule has 0 aliphatic carbocycles. The summed E-state index contributed by atoms with van der Waals surface area (Å²) in [5, 5.41) is 21.9. The number of aromatic nitrogens is 4. The highest BCUT2D eigenvalue weighted by atomic mass is 32.1. The normalized spacial score (nSPS) is 26.2. The van der Waals surface area contributed by atoms with E-state index in [1.54, 1.807) is 11.6 Å². The second-order valence-electron chi connectivity index (χ2n) is 4.59. The van der Waals surface area contributed by atoms with Gasteiger partial charge in [0.05, 0.1) is 12.7 Å². The molecule has 9 heteroatoms. The zero-order valence-corrected chi connectivity index (χ0v) is 11.6. The summed E-state index contributed by atoms with van der Waals surface area (Å²) in [5.74, 6) is 0.636. The summed E-state index contributed by atoms with van der Waals surface area (Å²) in [5.41, 5.74) is 1.29. The molecule has 108 valence electrons. The second kappa shape index (κ2) is 5.09. The van der Waals surface area contributed by atoms with Crippen LogP contribution in [0, 0.1) is 4.77 Å². The van der Waals surface area contributed by atoms with Gasteiger partial charge in [0.2, 0.25) is 0 Å². The molecule has 2 aromatic rings. The summed E-state index contributed by atoms with van der Waals surface area (Å²) < 4.78 is 7.76. The number of aromatic amines is 1. The molecule has 0 unspecified atom stereocenters. The van der Waals surface area contributed by atoms with Gasteiger partial charge in [-0.05, 0) is 12.2 Å². The number of hydrogen-bond donors (Lipinski definition) is 4. The molecule has 8 nitrogen and oxygen atoms in total. The molecule has 0 radical (unpaired) electrons. The third-order valence-corrected chi connectivity index (χ3v) is 3.71. The molecule has 3 heterocycles. The molecule has 1 fully saturated rings. The molecule has 20 heavy (non-hydrogen) atoms. The van der Waals surface area contributed by atoms with Crippen molar-refractivity contribution in [2.24, 2.45) is 0 Å². The van der Waals surface area contributed by atoms with Gasteiger partial charge >= 0.3 is 0 Å². The Bertz CT molecular complexity index is 684. The summed E-state index contributed by atoms with van der Waals surface area (Å²) in [4.78, 5) is 11.4. The van der Waals surface area contributed by atoms with Crippen molar-refractivity contribution in [3.63, 3.8) is 0 Å². The zero-order chi connectivity index (χ0) is 14.3. The molecule has 0 amide bonds. The molecule has 3 atom stereocenters. The van der Waals surface area contributed by atoms with Crippen molar-refractivity contribution in [3.8, 4) is 0 Å². The number of imidazole rings is 1. The van der Waals surface area contributed by atoms with E-state index in [1.165, 1.54) is 6.33 Å². The van der Waals surface area contributed by atoms with Crippen LogP contribution in [0.1, 0.15) is 12.6 Å². The molecule has 2 aromatic heterocycles. The summed E-state index contributed by atoms with van der Waals surface area (Å²) in [6.07, 6.45) is 0.0102. The van der Waals surface area contributed by atoms with Gasteiger partial charge < -0.3 is 25.3 Å². The fraction of sp³-hybridized carbons (Fsp3) is 0.545. The minimum absolute atomic E-state index is 0.232. The maximum atomic E-state index is 9.83. The largest absolute Gasteiger partial charge is 0.394 e. The molecule has 4 N–H and O–H groups in total. The first kappa shape index (κ1) is 13.4. The van der Waals surface area contributed by atoms with Crippen molar-refractivity contribution in [1.82, 2.24) is 19.5 Å². The van der Waals surface area contributed by atoms with Gasteiger partial charge in [-0.1, -0.05) is 0 Å². The van der Waals surface area contributed by atoms with E-state index < -0.39 is 18.4 Å². The van der Waals surface area contributed by atoms with Gasteiger partial charge in [0.1, 0.15) is 24.2 Å². The number of fused-ring (bicyclic) bond motifs is 1. The van der Waals surface area contributed by atoms with Crippen LogP contribution < -0.4 is 5.32 Å². The van der Waals surface area contributed by atoms with Crippen LogP contribution in [-0.4, -0.2) is 55.6 Å². The standard InChI is InChI=1S/C11H15N5O3S/c1-12-9-8-10(14-4-13-9)16(11(20)15-8)7-2-5(18)6(3-17)19-7/h4-7,17-18H,2-3H2,1H3,(H,15,20)(H,12,13,14)/t5-,6+,7+/m0/s1. The third kappa shape index (κ3) is 1.99. The Kier molecular flexibility index (Phi) is 3.42. The minimum Gasteiger partial charge on any atom is -0.394 e. The third-order valence-electron chi connectivity index (χ3n) is 3.42. The summed E-state index contributed by atoms with van der Waals surface area (Å²) >= 11 is 5.30. The molecule has 1 aliphatic rings. The number of nitrogens with one attached hydrogen (secondary N) is 2. The maximum absolute atomic E-state index is 9.83. The molecule has 1 aliphatic heterocycles. The Morgan fingerprint density at radius 3 is 3.05 bits per heavy atom. The molecule has 1 saturated heterocycles. The van der Waals surface area contributed by atoms with E-state index in [2.05, 4.69) is 20.3 Å². The first-order valence-electron chi connectivity index (χ1n) is 6.23. The molecule has 0 bridgehead atoms. The quantitative estimate of drug-likeness (QED) is 0.598. The van der Waals surface area contributed by atoms with Gasteiger partial charge in [-0.15, -0.1) is 0 Å². The van der Waals surface area contributed by atoms with E-state index in [-0.39, 0.29) is 6.61 Å². The molecule has 3 rings (SSSR count). The fourth-order valence-corrected chi connectivity index (χ4v) is 2.74. The fourth-order valence-electron chi connectivity index (χ4n) is 2.43. The van der Waals surface area contributed by atoms with Crippen LogP contribution in [0.4, 0.5) is 5.82 Å². The van der Waals surface area contributed by atoms with Gasteiger partial charge in [0, 0.05) is 13.5 Å². The first-order valence-corrected chi connectivity index (χ1v) is 6.64. The number of aliphatic hydroxyl groups excluding tert-OH is 2. The maximum Gasteiger partial charge on any atom is 0.181 e. The van der Waals surface area contributed by atoms with Crippen molar-refractivity contribution >= 4 is 29.2 Å². The lowest BCUT2D eigenvalue weighted by molar-refractivity contribution is -0.0436.